The molecule has 0 aliphatic heterocycles. The van der Waals surface area contributed by atoms with Crippen LogP contribution < -0.4 is 5.32 Å². The summed E-state index contributed by atoms with van der Waals surface area (Å²) in [4.78, 5) is 0. The number of hydrogen-bond acceptors (Lipinski definition) is 1. The zero-order valence-corrected chi connectivity index (χ0v) is 12.1. The highest BCUT2D eigenvalue weighted by atomic mass is 15.0. The van der Waals surface area contributed by atoms with Crippen molar-refractivity contribution in [1.29, 1.82) is 0 Å². The van der Waals surface area contributed by atoms with Crippen molar-refractivity contribution in [3.8, 4) is 0 Å². The van der Waals surface area contributed by atoms with Gasteiger partial charge in [0.1, 0.15) is 0 Å². The van der Waals surface area contributed by atoms with Crippen LogP contribution in [0.15, 0.2) is 0 Å². The predicted octanol–water partition coefficient (Wildman–Crippen LogP) is 4.66. The van der Waals surface area contributed by atoms with Crippen molar-refractivity contribution in [3.63, 3.8) is 0 Å². The number of hydrogen-bond donors (Lipinski definition) is 1. The van der Waals surface area contributed by atoms with Gasteiger partial charge < -0.3 is 5.32 Å². The lowest BCUT2D eigenvalue weighted by molar-refractivity contribution is 0.111. The first kappa shape index (κ1) is 13.4. The summed E-state index contributed by atoms with van der Waals surface area (Å²) in [7, 11) is 0. The van der Waals surface area contributed by atoms with Crippen molar-refractivity contribution in [2.24, 2.45) is 5.41 Å². The van der Waals surface area contributed by atoms with E-state index in [1.54, 1.807) is 0 Å². The summed E-state index contributed by atoms with van der Waals surface area (Å²) >= 11 is 0. The van der Waals surface area contributed by atoms with Gasteiger partial charge in [-0.15, -0.1) is 0 Å². The summed E-state index contributed by atoms with van der Waals surface area (Å²) in [5, 5.41) is 4.01. The summed E-state index contributed by atoms with van der Waals surface area (Å²) in [5.74, 6) is 0. The van der Waals surface area contributed by atoms with Gasteiger partial charge in [0.05, 0.1) is 0 Å². The van der Waals surface area contributed by atoms with Crippen molar-refractivity contribution in [3.05, 3.63) is 0 Å². The van der Waals surface area contributed by atoms with Crippen LogP contribution in [0.1, 0.15) is 85.0 Å². The molecule has 0 amide bonds. The molecule has 2 saturated carbocycles. The van der Waals surface area contributed by atoms with Crippen molar-refractivity contribution in [2.45, 2.75) is 96.6 Å². The second-order valence-electron chi connectivity index (χ2n) is 7.20. The molecule has 1 heteroatoms. The molecule has 0 saturated heterocycles. The molecule has 17 heavy (non-hydrogen) atoms. The molecule has 100 valence electrons. The van der Waals surface area contributed by atoms with Gasteiger partial charge in [0.15, 0.2) is 0 Å². The fraction of sp³-hybridized carbons (Fsp3) is 1.00. The molecule has 0 aromatic heterocycles. The lowest BCUT2D eigenvalue weighted by Gasteiger charge is -2.45. The van der Waals surface area contributed by atoms with Gasteiger partial charge in [-0.2, -0.15) is 0 Å². The quantitative estimate of drug-likeness (QED) is 0.753. The highest BCUT2D eigenvalue weighted by molar-refractivity contribution is 4.94. The van der Waals surface area contributed by atoms with Crippen LogP contribution in [0.25, 0.3) is 0 Å². The molecule has 2 aliphatic rings. The van der Waals surface area contributed by atoms with Crippen molar-refractivity contribution in [2.75, 3.05) is 0 Å². The van der Waals surface area contributed by atoms with E-state index in [0.717, 1.165) is 0 Å². The molecule has 2 fully saturated rings. The molecule has 0 bridgehead atoms. The Morgan fingerprint density at radius 3 is 1.76 bits per heavy atom. The molecule has 1 nitrogen and oxygen atoms in total. The maximum absolute atomic E-state index is 4.01. The molecule has 0 heterocycles. The van der Waals surface area contributed by atoms with E-state index in [1.165, 1.54) is 64.2 Å². The first-order chi connectivity index (χ1) is 8.04. The van der Waals surface area contributed by atoms with E-state index < -0.39 is 0 Å². The lowest BCUT2D eigenvalue weighted by Crippen LogP contribution is -2.54. The van der Waals surface area contributed by atoms with Gasteiger partial charge in [0, 0.05) is 11.6 Å². The van der Waals surface area contributed by atoms with Gasteiger partial charge in [-0.05, 0) is 44.9 Å². The standard InChI is InChI=1S/C16H31N/c1-14(15(2)10-6-4-7-11-15)17-16(3)12-8-5-9-13-16/h14,17H,4-13H2,1-3H3. The molecule has 2 rings (SSSR count). The van der Waals surface area contributed by atoms with E-state index in [4.69, 9.17) is 0 Å². The van der Waals surface area contributed by atoms with E-state index >= 15 is 0 Å². The SMILES string of the molecule is CC(NC1(C)CCCCC1)C1(C)CCCCC1. The van der Waals surface area contributed by atoms with E-state index in [9.17, 15) is 0 Å². The maximum atomic E-state index is 4.01. The average molecular weight is 237 g/mol. The predicted molar refractivity (Wildman–Crippen MR) is 75.3 cm³/mol. The Labute approximate surface area is 108 Å². The number of nitrogens with one attached hydrogen (secondary N) is 1. The summed E-state index contributed by atoms with van der Waals surface area (Å²) in [5.41, 5.74) is 0.983. The zero-order chi connectivity index (χ0) is 12.4. The van der Waals surface area contributed by atoms with E-state index in [1.807, 2.05) is 0 Å². The molecule has 0 spiro atoms. The summed E-state index contributed by atoms with van der Waals surface area (Å²) in [6.07, 6.45) is 14.3. The van der Waals surface area contributed by atoms with Crippen LogP contribution in [0.2, 0.25) is 0 Å². The third-order valence-electron chi connectivity index (χ3n) is 5.56. The third-order valence-corrected chi connectivity index (χ3v) is 5.56. The minimum atomic E-state index is 0.429. The van der Waals surface area contributed by atoms with Crippen LogP contribution in [0.5, 0.6) is 0 Å². The molecule has 1 N–H and O–H groups in total. The van der Waals surface area contributed by atoms with Crippen LogP contribution in [0.4, 0.5) is 0 Å². The van der Waals surface area contributed by atoms with Crippen LogP contribution >= 0.6 is 0 Å². The van der Waals surface area contributed by atoms with Crippen molar-refractivity contribution < 1.29 is 0 Å². The highest BCUT2D eigenvalue weighted by Crippen LogP contribution is 2.40. The smallest absolute Gasteiger partial charge is 0.0156 e. The monoisotopic (exact) mass is 237 g/mol. The fourth-order valence-electron chi connectivity index (χ4n) is 3.97. The van der Waals surface area contributed by atoms with Gasteiger partial charge in [-0.25, -0.2) is 0 Å². The topological polar surface area (TPSA) is 12.0 Å². The van der Waals surface area contributed by atoms with Gasteiger partial charge in [-0.3, -0.25) is 0 Å². The average Bonchev–Trinajstić information content (AvgIpc) is 2.30. The van der Waals surface area contributed by atoms with Crippen LogP contribution in [-0.4, -0.2) is 11.6 Å². The van der Waals surface area contributed by atoms with Crippen LogP contribution in [-0.2, 0) is 0 Å². The van der Waals surface area contributed by atoms with Crippen LogP contribution in [0.3, 0.4) is 0 Å². The largest absolute Gasteiger partial charge is 0.309 e. The minimum absolute atomic E-state index is 0.429. The Morgan fingerprint density at radius 1 is 0.765 bits per heavy atom. The molecular formula is C16H31N. The lowest BCUT2D eigenvalue weighted by atomic mass is 9.70. The molecule has 1 unspecified atom stereocenters. The molecule has 2 aliphatic carbocycles. The Bertz CT molecular complexity index is 234. The van der Waals surface area contributed by atoms with Gasteiger partial charge in [0.2, 0.25) is 0 Å². The molecule has 0 aromatic rings. The molecule has 1 atom stereocenters. The highest BCUT2D eigenvalue weighted by Gasteiger charge is 2.37. The normalized spacial score (nSPS) is 29.8. The van der Waals surface area contributed by atoms with Gasteiger partial charge >= 0.3 is 0 Å². The van der Waals surface area contributed by atoms with Crippen molar-refractivity contribution in [1.82, 2.24) is 5.32 Å². The fourth-order valence-corrected chi connectivity index (χ4v) is 3.97. The number of rotatable bonds is 3. The summed E-state index contributed by atoms with van der Waals surface area (Å²) in [6, 6.07) is 0.686. The van der Waals surface area contributed by atoms with E-state index in [0.29, 0.717) is 17.0 Å². The Kier molecular flexibility index (Phi) is 4.18. The second kappa shape index (κ2) is 5.30. The summed E-state index contributed by atoms with van der Waals surface area (Å²) < 4.78 is 0. The first-order valence-electron chi connectivity index (χ1n) is 7.82. The summed E-state index contributed by atoms with van der Waals surface area (Å²) in [6.45, 7) is 7.40. The minimum Gasteiger partial charge on any atom is -0.309 e. The Balaban J connectivity index is 1.92. The van der Waals surface area contributed by atoms with E-state index in [2.05, 4.69) is 26.1 Å². The maximum Gasteiger partial charge on any atom is 0.0156 e. The molecule has 0 radical (unpaired) electrons. The second-order valence-corrected chi connectivity index (χ2v) is 7.20. The van der Waals surface area contributed by atoms with Gasteiger partial charge in [-0.1, -0.05) is 45.4 Å². The van der Waals surface area contributed by atoms with E-state index in [-0.39, 0.29) is 0 Å². The third kappa shape index (κ3) is 3.24. The molecule has 0 aromatic carbocycles. The van der Waals surface area contributed by atoms with Crippen molar-refractivity contribution >= 4 is 0 Å². The molecular weight excluding hydrogens is 206 g/mol. The first-order valence-corrected chi connectivity index (χ1v) is 7.82. The Hall–Kier alpha value is -0.0400. The zero-order valence-electron chi connectivity index (χ0n) is 12.1. The van der Waals surface area contributed by atoms with Gasteiger partial charge in [0.25, 0.3) is 0 Å². The Morgan fingerprint density at radius 2 is 1.24 bits per heavy atom. The van der Waals surface area contributed by atoms with Crippen LogP contribution in [0, 0.1) is 5.41 Å².